The number of nitrogens with two attached hydrogens (primary N) is 1. The molecule has 0 fully saturated rings. The summed E-state index contributed by atoms with van der Waals surface area (Å²) in [6, 6.07) is 11.2. The van der Waals surface area contributed by atoms with Gasteiger partial charge in [-0.05, 0) is 30.3 Å². The molecule has 0 bridgehead atoms. The van der Waals surface area contributed by atoms with Crippen molar-refractivity contribution in [3.63, 3.8) is 0 Å². The third-order valence-electron chi connectivity index (χ3n) is 4.90. The van der Waals surface area contributed by atoms with Crippen LogP contribution >= 0.6 is 0 Å². The number of anilines is 3. The molecule has 0 atom stereocenters. The van der Waals surface area contributed by atoms with E-state index in [-0.39, 0.29) is 5.69 Å². The zero-order chi connectivity index (χ0) is 20.1. The summed E-state index contributed by atoms with van der Waals surface area (Å²) in [6.45, 7) is 0. The summed E-state index contributed by atoms with van der Waals surface area (Å²) in [5.41, 5.74) is 9.37. The van der Waals surface area contributed by atoms with Gasteiger partial charge in [-0.2, -0.15) is 10.2 Å². The van der Waals surface area contributed by atoms with Gasteiger partial charge in [0.25, 0.3) is 0 Å². The first-order chi connectivity index (χ1) is 14.0. The number of fused-ring (bicyclic) bond motifs is 2. The molecule has 29 heavy (non-hydrogen) atoms. The summed E-state index contributed by atoms with van der Waals surface area (Å²) in [5.74, 6) is 0.170. The maximum absolute atomic E-state index is 14.5. The van der Waals surface area contributed by atoms with Crippen LogP contribution in [0.1, 0.15) is 0 Å². The first-order valence-corrected chi connectivity index (χ1v) is 8.93. The number of hydrogen-bond donors (Lipinski definition) is 2. The number of aryl methyl sites for hydroxylation is 2. The normalized spacial score (nSPS) is 11.4. The Balaban J connectivity index is 1.54. The monoisotopic (exact) mass is 388 g/mol. The first kappa shape index (κ1) is 17.1. The van der Waals surface area contributed by atoms with Gasteiger partial charge in [0.15, 0.2) is 11.6 Å². The molecule has 0 saturated heterocycles. The van der Waals surface area contributed by atoms with Gasteiger partial charge >= 0.3 is 0 Å². The summed E-state index contributed by atoms with van der Waals surface area (Å²) in [6.07, 6.45) is 2.95. The highest BCUT2D eigenvalue weighted by Crippen LogP contribution is 2.29. The second kappa shape index (κ2) is 6.26. The molecule has 3 heterocycles. The SMILES string of the molecule is Cn1ncc2ccc(Nc3ncc(F)c(-c4ccc5c(c4)c(N)nn5C)n3)cc21. The number of rotatable bonds is 3. The van der Waals surface area contributed by atoms with Gasteiger partial charge < -0.3 is 11.1 Å². The first-order valence-electron chi connectivity index (χ1n) is 8.93. The predicted octanol–water partition coefficient (Wildman–Crippen LogP) is 3.38. The van der Waals surface area contributed by atoms with Crippen molar-refractivity contribution in [3.8, 4) is 11.3 Å². The molecular formula is C20H17FN8. The van der Waals surface area contributed by atoms with Crippen LogP contribution in [-0.2, 0) is 14.1 Å². The Labute approximate surface area is 164 Å². The van der Waals surface area contributed by atoms with Gasteiger partial charge in [-0.25, -0.2) is 14.4 Å². The third kappa shape index (κ3) is 2.83. The number of nitrogens with one attached hydrogen (secondary N) is 1. The van der Waals surface area contributed by atoms with Crippen molar-refractivity contribution in [2.45, 2.75) is 0 Å². The fourth-order valence-electron chi connectivity index (χ4n) is 3.42. The zero-order valence-electron chi connectivity index (χ0n) is 15.8. The minimum absolute atomic E-state index is 0.189. The number of nitrogen functional groups attached to an aromatic ring is 1. The fraction of sp³-hybridized carbons (Fsp3) is 0.100. The van der Waals surface area contributed by atoms with Crippen molar-refractivity contribution in [1.29, 1.82) is 0 Å². The van der Waals surface area contributed by atoms with Crippen LogP contribution in [0, 0.1) is 5.82 Å². The summed E-state index contributed by atoms with van der Waals surface area (Å²) in [4.78, 5) is 8.46. The Bertz CT molecular complexity index is 1380. The van der Waals surface area contributed by atoms with E-state index in [9.17, 15) is 4.39 Å². The van der Waals surface area contributed by atoms with Crippen molar-refractivity contribution >= 4 is 39.3 Å². The van der Waals surface area contributed by atoms with Crippen LogP contribution in [-0.4, -0.2) is 29.5 Å². The van der Waals surface area contributed by atoms with Gasteiger partial charge in [-0.3, -0.25) is 9.36 Å². The smallest absolute Gasteiger partial charge is 0.227 e. The lowest BCUT2D eigenvalue weighted by Crippen LogP contribution is -2.01. The van der Waals surface area contributed by atoms with Gasteiger partial charge in [-0.15, -0.1) is 0 Å². The van der Waals surface area contributed by atoms with Crippen LogP contribution in [0.2, 0.25) is 0 Å². The van der Waals surface area contributed by atoms with Gasteiger partial charge in [0.05, 0.1) is 23.4 Å². The Kier molecular flexibility index (Phi) is 3.70. The molecule has 2 aromatic carbocycles. The zero-order valence-corrected chi connectivity index (χ0v) is 15.8. The van der Waals surface area contributed by atoms with Gasteiger partial charge in [-0.1, -0.05) is 6.07 Å². The molecule has 5 rings (SSSR count). The molecule has 0 spiro atoms. The number of hydrogen-bond acceptors (Lipinski definition) is 6. The molecule has 5 aromatic rings. The van der Waals surface area contributed by atoms with Crippen molar-refractivity contribution < 1.29 is 4.39 Å². The number of nitrogens with zero attached hydrogens (tertiary/aromatic N) is 6. The Morgan fingerprint density at radius 2 is 1.86 bits per heavy atom. The largest absolute Gasteiger partial charge is 0.382 e. The summed E-state index contributed by atoms with van der Waals surface area (Å²) >= 11 is 0. The van der Waals surface area contributed by atoms with Crippen molar-refractivity contribution in [2.75, 3.05) is 11.1 Å². The number of halogens is 1. The van der Waals surface area contributed by atoms with E-state index in [0.29, 0.717) is 17.3 Å². The average molecular weight is 388 g/mol. The Morgan fingerprint density at radius 3 is 2.72 bits per heavy atom. The topological polar surface area (TPSA) is 99.5 Å². The highest BCUT2D eigenvalue weighted by atomic mass is 19.1. The highest BCUT2D eigenvalue weighted by Gasteiger charge is 2.13. The summed E-state index contributed by atoms with van der Waals surface area (Å²) < 4.78 is 18.0. The fourth-order valence-corrected chi connectivity index (χ4v) is 3.42. The molecule has 0 aliphatic heterocycles. The molecule has 0 unspecified atom stereocenters. The van der Waals surface area contributed by atoms with Gasteiger partial charge in [0.1, 0.15) is 5.69 Å². The van der Waals surface area contributed by atoms with E-state index in [1.54, 1.807) is 27.7 Å². The van der Waals surface area contributed by atoms with E-state index >= 15 is 0 Å². The molecule has 144 valence electrons. The second-order valence-electron chi connectivity index (χ2n) is 6.80. The molecule has 8 nitrogen and oxygen atoms in total. The summed E-state index contributed by atoms with van der Waals surface area (Å²) in [7, 11) is 3.68. The van der Waals surface area contributed by atoms with E-state index in [1.807, 2.05) is 38.4 Å². The van der Waals surface area contributed by atoms with E-state index in [2.05, 4.69) is 25.5 Å². The minimum atomic E-state index is -0.514. The molecule has 0 aliphatic rings. The number of benzene rings is 2. The van der Waals surface area contributed by atoms with Crippen molar-refractivity contribution in [1.82, 2.24) is 29.5 Å². The quantitative estimate of drug-likeness (QED) is 0.492. The van der Waals surface area contributed by atoms with Crippen LogP contribution < -0.4 is 11.1 Å². The highest BCUT2D eigenvalue weighted by molar-refractivity contribution is 5.92. The van der Waals surface area contributed by atoms with Crippen LogP contribution in [0.3, 0.4) is 0 Å². The van der Waals surface area contributed by atoms with Crippen LogP contribution in [0.5, 0.6) is 0 Å². The van der Waals surface area contributed by atoms with E-state index in [1.165, 1.54) is 0 Å². The van der Waals surface area contributed by atoms with Gasteiger partial charge in [0, 0.05) is 36.1 Å². The molecule has 0 amide bonds. The van der Waals surface area contributed by atoms with Gasteiger partial charge in [0.2, 0.25) is 5.95 Å². The minimum Gasteiger partial charge on any atom is -0.382 e. The van der Waals surface area contributed by atoms with E-state index in [0.717, 1.165) is 33.7 Å². The molecule has 9 heteroatoms. The molecule has 0 aliphatic carbocycles. The molecule has 3 N–H and O–H groups in total. The average Bonchev–Trinajstić information content (AvgIpc) is 3.22. The van der Waals surface area contributed by atoms with E-state index < -0.39 is 5.82 Å². The molecule has 0 saturated carbocycles. The maximum Gasteiger partial charge on any atom is 0.227 e. The summed E-state index contributed by atoms with van der Waals surface area (Å²) in [5, 5.41) is 13.3. The maximum atomic E-state index is 14.5. The lowest BCUT2D eigenvalue weighted by atomic mass is 10.1. The van der Waals surface area contributed by atoms with Crippen LogP contribution in [0.4, 0.5) is 21.8 Å². The Morgan fingerprint density at radius 1 is 1.00 bits per heavy atom. The van der Waals surface area contributed by atoms with Crippen molar-refractivity contribution in [3.05, 3.63) is 54.6 Å². The molecule has 0 radical (unpaired) electrons. The van der Waals surface area contributed by atoms with E-state index in [4.69, 9.17) is 5.73 Å². The van der Waals surface area contributed by atoms with Crippen LogP contribution in [0.15, 0.2) is 48.8 Å². The lowest BCUT2D eigenvalue weighted by molar-refractivity contribution is 0.619. The molecule has 3 aromatic heterocycles. The van der Waals surface area contributed by atoms with Crippen molar-refractivity contribution in [2.24, 2.45) is 14.1 Å². The second-order valence-corrected chi connectivity index (χ2v) is 6.80. The Hall–Kier alpha value is -4.01. The predicted molar refractivity (Wildman–Crippen MR) is 110 cm³/mol. The standard InChI is InChI=1S/C20H17FN8/c1-28-17-8-13(5-3-12(17)9-24-28)25-20-23-10-15(21)18(26-20)11-4-6-16-14(7-11)19(22)27-29(16)2/h3-10H,1-2H3,(H2,22,27)(H,23,25,26). The third-order valence-corrected chi connectivity index (χ3v) is 4.90. The lowest BCUT2D eigenvalue weighted by Gasteiger charge is -2.08. The van der Waals surface area contributed by atoms with Crippen LogP contribution in [0.25, 0.3) is 33.1 Å². The molecular weight excluding hydrogens is 371 g/mol. The number of aromatic nitrogens is 6.